The molecule has 5 nitrogen and oxygen atoms in total. The number of hydrogen-bond donors (Lipinski definition) is 2. The Morgan fingerprint density at radius 2 is 2.09 bits per heavy atom. The van der Waals surface area contributed by atoms with Crippen LogP contribution in [-0.2, 0) is 11.2 Å². The lowest BCUT2D eigenvalue weighted by Gasteiger charge is -2.42. The van der Waals surface area contributed by atoms with Gasteiger partial charge in [0.15, 0.2) is 0 Å². The summed E-state index contributed by atoms with van der Waals surface area (Å²) < 4.78 is 0. The van der Waals surface area contributed by atoms with Gasteiger partial charge in [0, 0.05) is 0 Å². The molecule has 0 bridgehead atoms. The highest BCUT2D eigenvalue weighted by Gasteiger charge is 2.34. The van der Waals surface area contributed by atoms with E-state index in [0.717, 1.165) is 12.0 Å². The van der Waals surface area contributed by atoms with Gasteiger partial charge in [0.2, 0.25) is 5.91 Å². The van der Waals surface area contributed by atoms with E-state index in [4.69, 9.17) is 0 Å². The summed E-state index contributed by atoms with van der Waals surface area (Å²) in [5.41, 5.74) is 1.15. The van der Waals surface area contributed by atoms with Crippen molar-refractivity contribution < 1.29 is 9.86 Å². The Hall–Kier alpha value is -1.43. The predicted octanol–water partition coefficient (Wildman–Crippen LogP) is 0.457. The molecule has 0 aromatic heterocycles. The summed E-state index contributed by atoms with van der Waals surface area (Å²) in [5.74, 6) is 0.595. The van der Waals surface area contributed by atoms with Crippen molar-refractivity contribution >= 4 is 5.91 Å². The van der Waals surface area contributed by atoms with E-state index in [1.54, 1.807) is 0 Å². The third-order valence-electron chi connectivity index (χ3n) is 4.49. The third kappa shape index (κ3) is 5.03. The molecule has 1 saturated heterocycles. The monoisotopic (exact) mass is 319 g/mol. The number of hydroxylamine groups is 2. The Balaban J connectivity index is 2.07. The number of nitrogens with one attached hydrogen (secondary N) is 2. The largest absolute Gasteiger partial charge is 0.634 e. The van der Waals surface area contributed by atoms with E-state index in [-0.39, 0.29) is 23.1 Å². The zero-order valence-corrected chi connectivity index (χ0v) is 14.4. The van der Waals surface area contributed by atoms with Gasteiger partial charge in [-0.3, -0.25) is 4.79 Å². The molecule has 23 heavy (non-hydrogen) atoms. The van der Waals surface area contributed by atoms with Crippen molar-refractivity contribution in [2.45, 2.75) is 38.8 Å². The summed E-state index contributed by atoms with van der Waals surface area (Å²) in [6, 6.07) is 9.87. The average Bonchev–Trinajstić information content (AvgIpc) is 2.52. The molecule has 1 aromatic rings. The molecule has 2 rings (SSSR count). The Kier molecular flexibility index (Phi) is 6.57. The van der Waals surface area contributed by atoms with Crippen molar-refractivity contribution in [1.29, 1.82) is 0 Å². The molecule has 0 spiro atoms. The van der Waals surface area contributed by atoms with Crippen LogP contribution in [0, 0.1) is 11.1 Å². The van der Waals surface area contributed by atoms with Crippen LogP contribution in [0.3, 0.4) is 0 Å². The topological polar surface area (TPSA) is 59.8 Å². The van der Waals surface area contributed by atoms with Crippen LogP contribution in [0.1, 0.15) is 25.8 Å². The van der Waals surface area contributed by atoms with Crippen LogP contribution in [0.15, 0.2) is 30.3 Å². The highest BCUT2D eigenvalue weighted by atomic mass is 16.5. The summed E-state index contributed by atoms with van der Waals surface area (Å²) in [6.45, 7) is 5.83. The molecule has 2 N–H and O–H groups in total. The highest BCUT2D eigenvalue weighted by molar-refractivity contribution is 5.82. The number of nitrogens with zero attached hydrogens (tertiary/aromatic N) is 1. The molecule has 1 heterocycles. The van der Waals surface area contributed by atoms with E-state index in [9.17, 15) is 10.0 Å². The minimum Gasteiger partial charge on any atom is -0.634 e. The number of benzene rings is 1. The van der Waals surface area contributed by atoms with Crippen molar-refractivity contribution in [2.75, 3.05) is 26.7 Å². The summed E-state index contributed by atoms with van der Waals surface area (Å²) in [7, 11) is 1.83. The van der Waals surface area contributed by atoms with Crippen LogP contribution in [0.5, 0.6) is 0 Å². The lowest BCUT2D eigenvalue weighted by Crippen LogP contribution is -3.11. The second-order valence-electron chi connectivity index (χ2n) is 6.84. The highest BCUT2D eigenvalue weighted by Crippen LogP contribution is 2.15. The number of amides is 1. The molecule has 5 heteroatoms. The number of rotatable bonds is 6. The van der Waals surface area contributed by atoms with Gasteiger partial charge >= 0.3 is 0 Å². The first kappa shape index (κ1) is 17.9. The van der Waals surface area contributed by atoms with Crippen LogP contribution >= 0.6 is 0 Å². The maximum Gasteiger partial charge on any atom is 0.240 e. The molecule has 1 aliphatic rings. The van der Waals surface area contributed by atoms with E-state index in [1.807, 2.05) is 42.3 Å². The minimum atomic E-state index is -0.236. The molecule has 1 fully saturated rings. The van der Waals surface area contributed by atoms with Gasteiger partial charge in [-0.15, -0.1) is 0 Å². The molecule has 1 aliphatic heterocycles. The van der Waals surface area contributed by atoms with Gasteiger partial charge < -0.3 is 20.5 Å². The van der Waals surface area contributed by atoms with Gasteiger partial charge in [0.05, 0.1) is 31.7 Å². The second kappa shape index (κ2) is 8.43. The number of hydrogen-bond acceptors (Lipinski definition) is 3. The molecule has 1 aromatic carbocycles. The van der Waals surface area contributed by atoms with E-state index < -0.39 is 0 Å². The zero-order chi connectivity index (χ0) is 16.8. The first-order valence-electron chi connectivity index (χ1n) is 8.54. The molecule has 0 aliphatic carbocycles. The van der Waals surface area contributed by atoms with Crippen molar-refractivity contribution in [3.05, 3.63) is 41.1 Å². The smallest absolute Gasteiger partial charge is 0.240 e. The van der Waals surface area contributed by atoms with Crippen molar-refractivity contribution in [1.82, 2.24) is 10.2 Å². The van der Waals surface area contributed by atoms with E-state index >= 15 is 0 Å². The van der Waals surface area contributed by atoms with Crippen LogP contribution in [0.2, 0.25) is 0 Å². The Morgan fingerprint density at radius 1 is 1.39 bits per heavy atom. The van der Waals surface area contributed by atoms with Crippen LogP contribution < -0.4 is 10.4 Å². The second-order valence-corrected chi connectivity index (χ2v) is 6.84. The number of likely N-dealkylation sites (N-methyl/N-ethyl adjacent to an activating group) is 1. The zero-order valence-electron chi connectivity index (χ0n) is 14.4. The SMILES string of the molecule is CN[C@@H](Cc1ccccc1)C(=O)N1CC[NH+]([O-])CC1CC(C)C. The van der Waals surface area contributed by atoms with Gasteiger partial charge in [-0.2, -0.15) is 0 Å². The van der Waals surface area contributed by atoms with E-state index in [1.165, 1.54) is 0 Å². The van der Waals surface area contributed by atoms with Crippen LogP contribution in [0.4, 0.5) is 0 Å². The number of carbonyl (C=O) groups excluding carboxylic acids is 1. The Morgan fingerprint density at radius 3 is 2.70 bits per heavy atom. The minimum absolute atomic E-state index is 0.0513. The normalized spacial score (nSPS) is 23.1. The summed E-state index contributed by atoms with van der Waals surface area (Å²) in [4.78, 5) is 14.9. The molecule has 0 radical (unpaired) electrons. The van der Waals surface area contributed by atoms with Gasteiger partial charge in [-0.1, -0.05) is 44.2 Å². The fourth-order valence-corrected chi connectivity index (χ4v) is 3.31. The fourth-order valence-electron chi connectivity index (χ4n) is 3.31. The number of carbonyl (C=O) groups is 1. The van der Waals surface area contributed by atoms with E-state index in [0.29, 0.717) is 32.0 Å². The lowest BCUT2D eigenvalue weighted by molar-refractivity contribution is -0.856. The number of piperazine rings is 1. The maximum absolute atomic E-state index is 13.0. The maximum atomic E-state index is 13.0. The van der Waals surface area contributed by atoms with Gasteiger partial charge in [-0.05, 0) is 31.4 Å². The van der Waals surface area contributed by atoms with Gasteiger partial charge in [-0.25, -0.2) is 0 Å². The fraction of sp³-hybridized carbons (Fsp3) is 0.611. The van der Waals surface area contributed by atoms with Gasteiger partial charge in [0.25, 0.3) is 0 Å². The standard InChI is InChI=1S/C18H29N3O2/c1-14(2)11-16-13-20(23)9-10-21(16)18(22)17(19-3)12-15-7-5-4-6-8-15/h4-8,14,16-17,19-20H,9-13H2,1-3H3/t16?,17-/m0/s1. The summed E-state index contributed by atoms with van der Waals surface area (Å²) in [5, 5.41) is 15.2. The third-order valence-corrected chi connectivity index (χ3v) is 4.49. The van der Waals surface area contributed by atoms with Crippen LogP contribution in [-0.4, -0.2) is 49.6 Å². The average molecular weight is 319 g/mol. The lowest BCUT2D eigenvalue weighted by atomic mass is 9.98. The van der Waals surface area contributed by atoms with Gasteiger partial charge in [0.1, 0.15) is 0 Å². The van der Waals surface area contributed by atoms with Crippen molar-refractivity contribution in [2.24, 2.45) is 5.92 Å². The van der Waals surface area contributed by atoms with Crippen molar-refractivity contribution in [3.8, 4) is 0 Å². The summed E-state index contributed by atoms with van der Waals surface area (Å²) >= 11 is 0. The first-order chi connectivity index (χ1) is 11.0. The molecule has 128 valence electrons. The number of quaternary nitrogens is 1. The Bertz CT molecular complexity index is 490. The molecule has 2 unspecified atom stereocenters. The van der Waals surface area contributed by atoms with Crippen LogP contribution in [0.25, 0.3) is 0 Å². The molecular formula is C18H29N3O2. The van der Waals surface area contributed by atoms with E-state index in [2.05, 4.69) is 19.2 Å². The first-order valence-corrected chi connectivity index (χ1v) is 8.54. The Labute approximate surface area is 139 Å². The van der Waals surface area contributed by atoms with Crippen molar-refractivity contribution in [3.63, 3.8) is 0 Å². The molecular weight excluding hydrogens is 290 g/mol. The molecule has 3 atom stereocenters. The predicted molar refractivity (Wildman–Crippen MR) is 92.0 cm³/mol. The molecule has 0 saturated carbocycles. The quantitative estimate of drug-likeness (QED) is 0.749. The summed E-state index contributed by atoms with van der Waals surface area (Å²) in [6.07, 6.45) is 1.56. The molecule has 1 amide bonds.